The molecule has 0 radical (unpaired) electrons. The maximum absolute atomic E-state index is 13.1. The number of rotatable bonds is 4. The van der Waals surface area contributed by atoms with Gasteiger partial charge in [0.25, 0.3) is 5.56 Å². The number of benzene rings is 2. The van der Waals surface area contributed by atoms with Crippen molar-refractivity contribution in [3.63, 3.8) is 0 Å². The standard InChI is InChI=1S/C23H18ClN3O2/c1-2-10-27-20-8-7-18(12-16(20)14-25-27)26-11-9-21-19(23(26)28)13-22(29-21)15-3-5-17(24)6-4-15/h3-9,11-14H,2,10H2,1H3. The molecule has 0 N–H and O–H groups in total. The molecule has 2 aromatic carbocycles. The number of fused-ring (bicyclic) bond motifs is 2. The Morgan fingerprint density at radius 1 is 1.07 bits per heavy atom. The zero-order valence-corrected chi connectivity index (χ0v) is 16.6. The Bertz CT molecular complexity index is 1390. The van der Waals surface area contributed by atoms with Gasteiger partial charge < -0.3 is 4.42 Å². The Labute approximate surface area is 171 Å². The van der Waals surface area contributed by atoms with Crippen LogP contribution in [0.5, 0.6) is 0 Å². The average molecular weight is 404 g/mol. The number of aromatic nitrogens is 3. The summed E-state index contributed by atoms with van der Waals surface area (Å²) in [6, 6.07) is 16.9. The molecular weight excluding hydrogens is 386 g/mol. The molecule has 3 heterocycles. The van der Waals surface area contributed by atoms with Crippen LogP contribution in [0, 0.1) is 0 Å². The lowest BCUT2D eigenvalue weighted by Gasteiger charge is -2.06. The van der Waals surface area contributed by atoms with Crippen LogP contribution in [0.25, 0.3) is 38.9 Å². The molecule has 5 rings (SSSR count). The summed E-state index contributed by atoms with van der Waals surface area (Å²) in [7, 11) is 0. The second kappa shape index (κ2) is 6.94. The van der Waals surface area contributed by atoms with E-state index in [1.54, 1.807) is 29.0 Å². The van der Waals surface area contributed by atoms with Gasteiger partial charge in [-0.2, -0.15) is 5.10 Å². The van der Waals surface area contributed by atoms with Crippen LogP contribution in [-0.2, 0) is 6.54 Å². The van der Waals surface area contributed by atoms with Crippen molar-refractivity contribution in [1.82, 2.24) is 14.3 Å². The molecule has 0 fully saturated rings. The summed E-state index contributed by atoms with van der Waals surface area (Å²) in [6.07, 6.45) is 4.61. The Balaban J connectivity index is 1.60. The third kappa shape index (κ3) is 3.04. The third-order valence-corrected chi connectivity index (χ3v) is 5.30. The van der Waals surface area contributed by atoms with Crippen LogP contribution in [0.4, 0.5) is 0 Å². The second-order valence-electron chi connectivity index (χ2n) is 7.00. The fourth-order valence-corrected chi connectivity index (χ4v) is 3.74. The lowest BCUT2D eigenvalue weighted by atomic mass is 10.1. The number of hydrogen-bond acceptors (Lipinski definition) is 3. The van der Waals surface area contributed by atoms with Crippen LogP contribution >= 0.6 is 11.6 Å². The van der Waals surface area contributed by atoms with E-state index in [9.17, 15) is 4.79 Å². The van der Waals surface area contributed by atoms with E-state index in [1.807, 2.05) is 47.3 Å². The van der Waals surface area contributed by atoms with Crippen LogP contribution in [0.3, 0.4) is 0 Å². The fourth-order valence-electron chi connectivity index (χ4n) is 3.61. The number of nitrogens with zero attached hydrogens (tertiary/aromatic N) is 3. The first kappa shape index (κ1) is 17.8. The van der Waals surface area contributed by atoms with Crippen molar-refractivity contribution in [2.75, 3.05) is 0 Å². The minimum absolute atomic E-state index is 0.119. The molecule has 5 nitrogen and oxygen atoms in total. The molecule has 0 saturated heterocycles. The highest BCUT2D eigenvalue weighted by Gasteiger charge is 2.13. The zero-order chi connectivity index (χ0) is 20.0. The predicted molar refractivity (Wildman–Crippen MR) is 116 cm³/mol. The topological polar surface area (TPSA) is 53.0 Å². The van der Waals surface area contributed by atoms with Crippen molar-refractivity contribution < 1.29 is 4.42 Å². The maximum atomic E-state index is 13.1. The first-order valence-electron chi connectivity index (χ1n) is 9.51. The highest BCUT2D eigenvalue weighted by Crippen LogP contribution is 2.27. The van der Waals surface area contributed by atoms with Gasteiger partial charge >= 0.3 is 0 Å². The van der Waals surface area contributed by atoms with Gasteiger partial charge in [-0.3, -0.25) is 14.0 Å². The summed E-state index contributed by atoms with van der Waals surface area (Å²) < 4.78 is 9.52. The largest absolute Gasteiger partial charge is 0.456 e. The van der Waals surface area contributed by atoms with Crippen LogP contribution in [0.1, 0.15) is 13.3 Å². The monoisotopic (exact) mass is 403 g/mol. The van der Waals surface area contributed by atoms with Crippen LogP contribution in [0.2, 0.25) is 5.02 Å². The van der Waals surface area contributed by atoms with Crippen LogP contribution < -0.4 is 5.56 Å². The molecule has 0 aliphatic rings. The van der Waals surface area contributed by atoms with Gasteiger partial charge in [0.05, 0.1) is 17.1 Å². The molecule has 6 heteroatoms. The number of pyridine rings is 1. The molecule has 3 aromatic heterocycles. The van der Waals surface area contributed by atoms with E-state index in [0.717, 1.165) is 35.1 Å². The van der Waals surface area contributed by atoms with E-state index in [2.05, 4.69) is 12.0 Å². The molecule has 0 aliphatic carbocycles. The molecule has 0 atom stereocenters. The molecule has 29 heavy (non-hydrogen) atoms. The summed E-state index contributed by atoms with van der Waals surface area (Å²) in [6.45, 7) is 3.00. The van der Waals surface area contributed by atoms with Gasteiger partial charge in [0.2, 0.25) is 0 Å². The highest BCUT2D eigenvalue weighted by molar-refractivity contribution is 6.30. The SMILES string of the molecule is CCCn1ncc2cc(-n3ccc4oc(-c5ccc(Cl)cc5)cc4c3=O)ccc21. The summed E-state index contributed by atoms with van der Waals surface area (Å²) in [5.41, 5.74) is 3.19. The van der Waals surface area contributed by atoms with Crippen LogP contribution in [0.15, 0.2) is 76.2 Å². The molecule has 5 aromatic rings. The van der Waals surface area contributed by atoms with Crippen LogP contribution in [-0.4, -0.2) is 14.3 Å². The van der Waals surface area contributed by atoms with E-state index in [1.165, 1.54) is 0 Å². The minimum Gasteiger partial charge on any atom is -0.456 e. The highest BCUT2D eigenvalue weighted by atomic mass is 35.5. The van der Waals surface area contributed by atoms with E-state index in [0.29, 0.717) is 21.8 Å². The predicted octanol–water partition coefficient (Wildman–Crippen LogP) is 5.66. The molecular formula is C23H18ClN3O2. The Hall–Kier alpha value is -3.31. The van der Waals surface area contributed by atoms with Crippen molar-refractivity contribution in [3.8, 4) is 17.0 Å². The first-order chi connectivity index (χ1) is 14.1. The summed E-state index contributed by atoms with van der Waals surface area (Å²) in [5, 5.41) is 6.65. The van der Waals surface area contributed by atoms with Gasteiger partial charge in [-0.15, -0.1) is 0 Å². The molecule has 144 valence electrons. The van der Waals surface area contributed by atoms with Crippen molar-refractivity contribution in [3.05, 3.63) is 82.4 Å². The smallest absolute Gasteiger partial charge is 0.266 e. The fraction of sp³-hybridized carbons (Fsp3) is 0.130. The quantitative estimate of drug-likeness (QED) is 0.389. The molecule has 0 aliphatic heterocycles. The zero-order valence-electron chi connectivity index (χ0n) is 15.8. The number of halogens is 1. The molecule has 0 spiro atoms. The van der Waals surface area contributed by atoms with Crippen molar-refractivity contribution in [1.29, 1.82) is 0 Å². The molecule has 0 unspecified atom stereocenters. The number of furan rings is 1. The van der Waals surface area contributed by atoms with Crippen molar-refractivity contribution in [2.24, 2.45) is 0 Å². The lowest BCUT2D eigenvalue weighted by molar-refractivity contribution is 0.622. The first-order valence-corrected chi connectivity index (χ1v) is 9.89. The van der Waals surface area contributed by atoms with E-state index >= 15 is 0 Å². The Kier molecular flexibility index (Phi) is 4.25. The van der Waals surface area contributed by atoms with Gasteiger partial charge in [-0.1, -0.05) is 18.5 Å². The summed E-state index contributed by atoms with van der Waals surface area (Å²) >= 11 is 5.96. The van der Waals surface area contributed by atoms with Gasteiger partial charge in [-0.25, -0.2) is 0 Å². The third-order valence-electron chi connectivity index (χ3n) is 5.05. The van der Waals surface area contributed by atoms with Gasteiger partial charge in [0, 0.05) is 34.4 Å². The average Bonchev–Trinajstić information content (AvgIpc) is 3.34. The molecule has 0 saturated carbocycles. The minimum atomic E-state index is -0.119. The summed E-state index contributed by atoms with van der Waals surface area (Å²) in [5.74, 6) is 0.641. The Morgan fingerprint density at radius 2 is 1.90 bits per heavy atom. The molecule has 0 amide bonds. The Morgan fingerprint density at radius 3 is 2.69 bits per heavy atom. The van der Waals surface area contributed by atoms with E-state index < -0.39 is 0 Å². The van der Waals surface area contributed by atoms with Crippen molar-refractivity contribution in [2.45, 2.75) is 19.9 Å². The maximum Gasteiger partial charge on any atom is 0.266 e. The lowest BCUT2D eigenvalue weighted by Crippen LogP contribution is -2.16. The van der Waals surface area contributed by atoms with Gasteiger partial charge in [-0.05, 0) is 61.0 Å². The van der Waals surface area contributed by atoms with Gasteiger partial charge in [0.15, 0.2) is 0 Å². The molecule has 0 bridgehead atoms. The summed E-state index contributed by atoms with van der Waals surface area (Å²) in [4.78, 5) is 13.1. The van der Waals surface area contributed by atoms with E-state index in [-0.39, 0.29) is 5.56 Å². The van der Waals surface area contributed by atoms with Gasteiger partial charge in [0.1, 0.15) is 11.3 Å². The van der Waals surface area contributed by atoms with Crippen molar-refractivity contribution >= 4 is 33.5 Å². The number of hydrogen-bond donors (Lipinski definition) is 0. The second-order valence-corrected chi connectivity index (χ2v) is 7.43. The normalized spacial score (nSPS) is 11.5. The van der Waals surface area contributed by atoms with E-state index in [4.69, 9.17) is 16.0 Å². The number of aryl methyl sites for hydroxylation is 1.